The summed E-state index contributed by atoms with van der Waals surface area (Å²) in [7, 11) is 0. The highest BCUT2D eigenvalue weighted by molar-refractivity contribution is 9.10. The highest BCUT2D eigenvalue weighted by atomic mass is 79.9. The van der Waals surface area contributed by atoms with Crippen LogP contribution in [0, 0.1) is 0 Å². The molecule has 2 unspecified atom stereocenters. The summed E-state index contributed by atoms with van der Waals surface area (Å²) in [5.41, 5.74) is 2.26. The second kappa shape index (κ2) is 6.29. The Bertz CT molecular complexity index is 613. The van der Waals surface area contributed by atoms with Crippen LogP contribution in [0.15, 0.2) is 22.7 Å². The van der Waals surface area contributed by atoms with Gasteiger partial charge in [0.1, 0.15) is 5.82 Å². The SMILES string of the molecule is CSC1CCCCC1n1c(CCl)nc2ccc(Br)cc21. The van der Waals surface area contributed by atoms with Crippen LogP contribution in [-0.4, -0.2) is 21.1 Å². The average Bonchev–Trinajstić information content (AvgIpc) is 2.84. The van der Waals surface area contributed by atoms with E-state index in [2.05, 4.69) is 38.9 Å². The van der Waals surface area contributed by atoms with Gasteiger partial charge in [-0.1, -0.05) is 28.8 Å². The fraction of sp³-hybridized carbons (Fsp3) is 0.533. The van der Waals surface area contributed by atoms with Gasteiger partial charge in [-0.25, -0.2) is 4.98 Å². The number of halogens is 2. The van der Waals surface area contributed by atoms with Crippen LogP contribution in [0.2, 0.25) is 0 Å². The lowest BCUT2D eigenvalue weighted by molar-refractivity contribution is 0.366. The summed E-state index contributed by atoms with van der Waals surface area (Å²) in [5, 5.41) is 0.669. The van der Waals surface area contributed by atoms with Gasteiger partial charge < -0.3 is 4.57 Å². The van der Waals surface area contributed by atoms with Crippen LogP contribution in [-0.2, 0) is 5.88 Å². The molecule has 5 heteroatoms. The van der Waals surface area contributed by atoms with Gasteiger partial charge in [-0.15, -0.1) is 11.6 Å². The van der Waals surface area contributed by atoms with E-state index >= 15 is 0 Å². The van der Waals surface area contributed by atoms with Gasteiger partial charge in [-0.3, -0.25) is 0 Å². The maximum Gasteiger partial charge on any atom is 0.125 e. The molecule has 2 atom stereocenters. The molecule has 0 N–H and O–H groups in total. The van der Waals surface area contributed by atoms with Gasteiger partial charge in [0.25, 0.3) is 0 Å². The predicted molar refractivity (Wildman–Crippen MR) is 91.8 cm³/mol. The number of benzene rings is 1. The minimum absolute atomic E-state index is 0.476. The molecule has 0 bridgehead atoms. The number of nitrogens with zero attached hydrogens (tertiary/aromatic N) is 2. The Morgan fingerprint density at radius 3 is 2.95 bits per heavy atom. The molecule has 1 fully saturated rings. The van der Waals surface area contributed by atoms with Crippen LogP contribution in [0.4, 0.5) is 0 Å². The van der Waals surface area contributed by atoms with Crippen molar-refractivity contribution < 1.29 is 0 Å². The number of fused-ring (bicyclic) bond motifs is 1. The Hall–Kier alpha value is -0.190. The van der Waals surface area contributed by atoms with Crippen molar-refractivity contribution >= 4 is 50.3 Å². The first-order valence-electron chi connectivity index (χ1n) is 6.99. The van der Waals surface area contributed by atoms with Gasteiger partial charge in [0, 0.05) is 15.8 Å². The quantitative estimate of drug-likeness (QED) is 0.672. The first-order chi connectivity index (χ1) is 9.74. The summed E-state index contributed by atoms with van der Waals surface area (Å²) < 4.78 is 3.50. The zero-order valence-corrected chi connectivity index (χ0v) is 14.6. The molecule has 3 rings (SSSR count). The monoisotopic (exact) mass is 372 g/mol. The van der Waals surface area contributed by atoms with Crippen molar-refractivity contribution in [3.63, 3.8) is 0 Å². The van der Waals surface area contributed by atoms with E-state index in [0.717, 1.165) is 15.8 Å². The van der Waals surface area contributed by atoms with Gasteiger partial charge in [-0.05, 0) is 37.3 Å². The minimum atomic E-state index is 0.476. The normalized spacial score (nSPS) is 23.4. The standard InChI is InChI=1S/C15H18BrClN2S/c1-20-14-5-3-2-4-12(14)19-13-8-10(16)6-7-11(13)18-15(19)9-17/h6-8,12,14H,2-5,9H2,1H3. The molecule has 2 nitrogen and oxygen atoms in total. The maximum absolute atomic E-state index is 6.15. The van der Waals surface area contributed by atoms with E-state index in [9.17, 15) is 0 Å². The van der Waals surface area contributed by atoms with E-state index in [-0.39, 0.29) is 0 Å². The van der Waals surface area contributed by atoms with Gasteiger partial charge in [0.2, 0.25) is 0 Å². The largest absolute Gasteiger partial charge is 0.323 e. The summed E-state index contributed by atoms with van der Waals surface area (Å²) in [6, 6.07) is 6.81. The Kier molecular flexibility index (Phi) is 4.63. The lowest BCUT2D eigenvalue weighted by Crippen LogP contribution is -2.26. The predicted octanol–water partition coefficient (Wildman–Crippen LogP) is 5.38. The van der Waals surface area contributed by atoms with Crippen LogP contribution in [0.25, 0.3) is 11.0 Å². The summed E-state index contributed by atoms with van der Waals surface area (Å²) in [6.07, 6.45) is 7.39. The highest BCUT2D eigenvalue weighted by Gasteiger charge is 2.28. The van der Waals surface area contributed by atoms with Crippen LogP contribution < -0.4 is 0 Å². The van der Waals surface area contributed by atoms with E-state index in [0.29, 0.717) is 17.2 Å². The summed E-state index contributed by atoms with van der Waals surface area (Å²) in [5.74, 6) is 1.48. The molecule has 1 aliphatic rings. The van der Waals surface area contributed by atoms with Crippen LogP contribution >= 0.6 is 39.3 Å². The molecule has 0 amide bonds. The van der Waals surface area contributed by atoms with E-state index in [4.69, 9.17) is 16.6 Å². The van der Waals surface area contributed by atoms with E-state index in [1.165, 1.54) is 31.2 Å². The molecular weight excluding hydrogens is 356 g/mol. The third kappa shape index (κ3) is 2.62. The molecule has 0 aliphatic heterocycles. The molecule has 1 heterocycles. The lowest BCUT2D eigenvalue weighted by Gasteiger charge is -2.32. The first kappa shape index (κ1) is 14.7. The summed E-state index contributed by atoms with van der Waals surface area (Å²) >= 11 is 11.7. The number of hydrogen-bond donors (Lipinski definition) is 0. The maximum atomic E-state index is 6.15. The Labute approximate surface area is 137 Å². The fourth-order valence-electron chi connectivity index (χ4n) is 3.23. The van der Waals surface area contributed by atoms with Crippen molar-refractivity contribution in [3.8, 4) is 0 Å². The molecule has 108 valence electrons. The molecule has 1 aliphatic carbocycles. The number of rotatable bonds is 3. The van der Waals surface area contributed by atoms with Crippen molar-refractivity contribution in [1.82, 2.24) is 9.55 Å². The number of alkyl halides is 1. The summed E-state index contributed by atoms with van der Waals surface area (Å²) in [4.78, 5) is 4.72. The van der Waals surface area contributed by atoms with Gasteiger partial charge in [0.15, 0.2) is 0 Å². The minimum Gasteiger partial charge on any atom is -0.323 e. The van der Waals surface area contributed by atoms with E-state index in [1.807, 2.05) is 17.8 Å². The van der Waals surface area contributed by atoms with Crippen molar-refractivity contribution in [1.29, 1.82) is 0 Å². The number of thioether (sulfide) groups is 1. The molecule has 0 radical (unpaired) electrons. The van der Waals surface area contributed by atoms with Crippen LogP contribution in [0.1, 0.15) is 37.5 Å². The Balaban J connectivity index is 2.14. The average molecular weight is 374 g/mol. The molecule has 20 heavy (non-hydrogen) atoms. The third-order valence-corrected chi connectivity index (χ3v) is 6.03. The molecule has 1 saturated carbocycles. The summed E-state index contributed by atoms with van der Waals surface area (Å²) in [6.45, 7) is 0. The van der Waals surface area contributed by atoms with Gasteiger partial charge in [0.05, 0.1) is 16.9 Å². The second-order valence-electron chi connectivity index (χ2n) is 5.29. The number of aromatic nitrogens is 2. The Morgan fingerprint density at radius 1 is 1.40 bits per heavy atom. The molecule has 0 spiro atoms. The number of imidazole rings is 1. The van der Waals surface area contributed by atoms with E-state index < -0.39 is 0 Å². The lowest BCUT2D eigenvalue weighted by atomic mass is 9.94. The number of hydrogen-bond acceptors (Lipinski definition) is 2. The van der Waals surface area contributed by atoms with Gasteiger partial charge in [-0.2, -0.15) is 11.8 Å². The van der Waals surface area contributed by atoms with Crippen molar-refractivity contribution in [3.05, 3.63) is 28.5 Å². The molecule has 1 aromatic heterocycles. The van der Waals surface area contributed by atoms with Crippen molar-refractivity contribution in [2.24, 2.45) is 0 Å². The third-order valence-electron chi connectivity index (χ3n) is 4.15. The molecule has 1 aromatic carbocycles. The Morgan fingerprint density at radius 2 is 2.20 bits per heavy atom. The molecular formula is C15H18BrClN2S. The first-order valence-corrected chi connectivity index (χ1v) is 9.61. The zero-order chi connectivity index (χ0) is 14.1. The molecule has 0 saturated heterocycles. The second-order valence-corrected chi connectivity index (χ2v) is 7.55. The zero-order valence-electron chi connectivity index (χ0n) is 11.5. The molecule has 2 aromatic rings. The van der Waals surface area contributed by atoms with Crippen molar-refractivity contribution in [2.75, 3.05) is 6.26 Å². The van der Waals surface area contributed by atoms with Crippen molar-refractivity contribution in [2.45, 2.75) is 42.9 Å². The smallest absolute Gasteiger partial charge is 0.125 e. The fourth-order valence-corrected chi connectivity index (χ4v) is 4.74. The highest BCUT2D eigenvalue weighted by Crippen LogP contribution is 2.39. The topological polar surface area (TPSA) is 17.8 Å². The van der Waals surface area contributed by atoms with Crippen LogP contribution in [0.5, 0.6) is 0 Å². The van der Waals surface area contributed by atoms with Crippen LogP contribution in [0.3, 0.4) is 0 Å². The van der Waals surface area contributed by atoms with Gasteiger partial charge >= 0.3 is 0 Å². The van der Waals surface area contributed by atoms with E-state index in [1.54, 1.807) is 0 Å².